The van der Waals surface area contributed by atoms with Crippen LogP contribution in [0.15, 0.2) is 0 Å². The largest absolute Gasteiger partial charge is 0.391 e. The van der Waals surface area contributed by atoms with E-state index >= 15 is 0 Å². The summed E-state index contributed by atoms with van der Waals surface area (Å²) in [6.07, 6.45) is 7.14. The fourth-order valence-electron chi connectivity index (χ4n) is 3.15. The molecule has 104 valence electrons. The van der Waals surface area contributed by atoms with Crippen molar-refractivity contribution >= 4 is 5.91 Å². The van der Waals surface area contributed by atoms with Gasteiger partial charge in [-0.05, 0) is 32.1 Å². The molecule has 0 aliphatic heterocycles. The molecular weight excluding hydrogens is 230 g/mol. The first-order chi connectivity index (χ1) is 8.58. The van der Waals surface area contributed by atoms with Gasteiger partial charge in [0.25, 0.3) is 0 Å². The van der Waals surface area contributed by atoms with Crippen LogP contribution in [0.3, 0.4) is 0 Å². The van der Waals surface area contributed by atoms with E-state index in [4.69, 9.17) is 4.74 Å². The van der Waals surface area contributed by atoms with E-state index < -0.39 is 0 Å². The second-order valence-electron chi connectivity index (χ2n) is 5.84. The van der Waals surface area contributed by atoms with E-state index in [0.29, 0.717) is 6.42 Å². The highest BCUT2D eigenvalue weighted by Crippen LogP contribution is 2.38. The summed E-state index contributed by atoms with van der Waals surface area (Å²) in [4.78, 5) is 14.0. The van der Waals surface area contributed by atoms with Gasteiger partial charge in [-0.2, -0.15) is 0 Å². The number of hydrogen-bond donors (Lipinski definition) is 1. The average molecular weight is 255 g/mol. The molecule has 2 atom stereocenters. The second-order valence-corrected chi connectivity index (χ2v) is 5.84. The van der Waals surface area contributed by atoms with E-state index in [-0.39, 0.29) is 23.7 Å². The summed E-state index contributed by atoms with van der Waals surface area (Å²) in [6, 6.07) is 0.000215. The molecule has 0 aromatic rings. The first kappa shape index (κ1) is 13.8. The van der Waals surface area contributed by atoms with Gasteiger partial charge in [0.05, 0.1) is 24.2 Å². The molecule has 2 rings (SSSR count). The molecule has 0 spiro atoms. The molecule has 0 saturated heterocycles. The highest BCUT2D eigenvalue weighted by Gasteiger charge is 2.41. The highest BCUT2D eigenvalue weighted by atomic mass is 16.5. The van der Waals surface area contributed by atoms with Gasteiger partial charge < -0.3 is 14.7 Å². The number of methoxy groups -OCH3 is 1. The summed E-state index contributed by atoms with van der Waals surface area (Å²) in [5, 5.41) is 9.99. The zero-order valence-corrected chi connectivity index (χ0v) is 11.5. The lowest BCUT2D eigenvalue weighted by molar-refractivity contribution is -0.147. The van der Waals surface area contributed by atoms with Crippen LogP contribution in [0.2, 0.25) is 0 Å². The first-order valence-electron chi connectivity index (χ1n) is 7.07. The number of likely N-dealkylation sites (N-methyl/N-ethyl adjacent to an activating group) is 1. The molecule has 2 fully saturated rings. The molecule has 4 nitrogen and oxygen atoms in total. The normalized spacial score (nSPS) is 30.6. The highest BCUT2D eigenvalue weighted by molar-refractivity contribution is 5.77. The average Bonchev–Trinajstić information content (AvgIpc) is 2.33. The number of ether oxygens (including phenoxy) is 1. The second kappa shape index (κ2) is 5.57. The van der Waals surface area contributed by atoms with E-state index in [1.165, 1.54) is 0 Å². The third-order valence-corrected chi connectivity index (χ3v) is 4.76. The minimum Gasteiger partial charge on any atom is -0.391 e. The molecule has 2 aliphatic rings. The van der Waals surface area contributed by atoms with Crippen LogP contribution in [0.1, 0.15) is 51.4 Å². The van der Waals surface area contributed by atoms with Crippen LogP contribution in [-0.4, -0.2) is 47.8 Å². The van der Waals surface area contributed by atoms with Crippen LogP contribution >= 0.6 is 0 Å². The molecule has 0 radical (unpaired) electrons. The van der Waals surface area contributed by atoms with Crippen LogP contribution in [0, 0.1) is 0 Å². The van der Waals surface area contributed by atoms with Crippen molar-refractivity contribution in [1.29, 1.82) is 0 Å². The van der Waals surface area contributed by atoms with Gasteiger partial charge in [-0.1, -0.05) is 12.8 Å². The molecule has 2 aliphatic carbocycles. The Bertz CT molecular complexity index is 296. The van der Waals surface area contributed by atoms with Crippen molar-refractivity contribution in [2.75, 3.05) is 14.2 Å². The Balaban J connectivity index is 1.91. The number of carbonyl (C=O) groups excluding carboxylic acids is 1. The Morgan fingerprint density at radius 2 is 2.00 bits per heavy atom. The molecule has 18 heavy (non-hydrogen) atoms. The molecule has 2 unspecified atom stereocenters. The summed E-state index contributed by atoms with van der Waals surface area (Å²) in [7, 11) is 3.52. The molecule has 2 saturated carbocycles. The van der Waals surface area contributed by atoms with E-state index in [1.54, 1.807) is 12.0 Å². The predicted octanol–water partition coefficient (Wildman–Crippen LogP) is 1.71. The van der Waals surface area contributed by atoms with Crippen LogP contribution < -0.4 is 0 Å². The number of aliphatic hydroxyl groups is 1. The Kier molecular flexibility index (Phi) is 4.28. The standard InChI is InChI=1S/C14H25NO3/c1-15(11-6-3-4-7-12(11)16)13(17)10-14(18-2)8-5-9-14/h11-12,16H,3-10H2,1-2H3. The van der Waals surface area contributed by atoms with Gasteiger partial charge in [-0.3, -0.25) is 4.79 Å². The van der Waals surface area contributed by atoms with Crippen molar-refractivity contribution in [3.63, 3.8) is 0 Å². The van der Waals surface area contributed by atoms with E-state index in [1.807, 2.05) is 7.05 Å². The van der Waals surface area contributed by atoms with Crippen LogP contribution in [-0.2, 0) is 9.53 Å². The lowest BCUT2D eigenvalue weighted by Gasteiger charge is -2.42. The van der Waals surface area contributed by atoms with Crippen molar-refractivity contribution in [2.45, 2.75) is 69.1 Å². The third-order valence-electron chi connectivity index (χ3n) is 4.76. The number of nitrogens with zero attached hydrogens (tertiary/aromatic N) is 1. The predicted molar refractivity (Wildman–Crippen MR) is 69.2 cm³/mol. The summed E-state index contributed by atoms with van der Waals surface area (Å²) in [5.74, 6) is 0.113. The first-order valence-corrected chi connectivity index (χ1v) is 7.07. The number of hydrogen-bond acceptors (Lipinski definition) is 3. The Labute approximate surface area is 109 Å². The van der Waals surface area contributed by atoms with E-state index in [0.717, 1.165) is 44.9 Å². The van der Waals surface area contributed by atoms with Gasteiger partial charge in [0.1, 0.15) is 0 Å². The molecule has 0 bridgehead atoms. The van der Waals surface area contributed by atoms with Gasteiger partial charge >= 0.3 is 0 Å². The lowest BCUT2D eigenvalue weighted by Crippen LogP contribution is -2.50. The maximum Gasteiger partial charge on any atom is 0.225 e. The smallest absolute Gasteiger partial charge is 0.225 e. The topological polar surface area (TPSA) is 49.8 Å². The number of rotatable bonds is 4. The van der Waals surface area contributed by atoms with Gasteiger partial charge in [0.15, 0.2) is 0 Å². The molecule has 4 heteroatoms. The van der Waals surface area contributed by atoms with Crippen molar-refractivity contribution in [1.82, 2.24) is 4.90 Å². The molecule has 1 amide bonds. The minimum absolute atomic E-state index is 0.000215. The molecule has 0 aromatic carbocycles. The van der Waals surface area contributed by atoms with Crippen molar-refractivity contribution in [3.8, 4) is 0 Å². The van der Waals surface area contributed by atoms with Gasteiger partial charge in [-0.25, -0.2) is 0 Å². The number of carbonyl (C=O) groups is 1. The quantitative estimate of drug-likeness (QED) is 0.832. The Morgan fingerprint density at radius 3 is 2.50 bits per heavy atom. The molecule has 0 aromatic heterocycles. The van der Waals surface area contributed by atoms with Gasteiger partial charge in [0, 0.05) is 14.2 Å². The fraction of sp³-hybridized carbons (Fsp3) is 0.929. The fourth-order valence-corrected chi connectivity index (χ4v) is 3.15. The Hall–Kier alpha value is -0.610. The monoisotopic (exact) mass is 255 g/mol. The van der Waals surface area contributed by atoms with E-state index in [9.17, 15) is 9.90 Å². The van der Waals surface area contributed by atoms with Gasteiger partial charge in [-0.15, -0.1) is 0 Å². The van der Waals surface area contributed by atoms with Crippen LogP contribution in [0.25, 0.3) is 0 Å². The lowest BCUT2D eigenvalue weighted by atomic mass is 9.77. The maximum absolute atomic E-state index is 12.3. The SMILES string of the molecule is COC1(CC(=O)N(C)C2CCCCC2O)CCC1. The summed E-state index contributed by atoms with van der Waals surface area (Å²) in [5.41, 5.74) is -0.217. The van der Waals surface area contributed by atoms with Crippen LogP contribution in [0.5, 0.6) is 0 Å². The van der Waals surface area contributed by atoms with Crippen LogP contribution in [0.4, 0.5) is 0 Å². The summed E-state index contributed by atoms with van der Waals surface area (Å²) in [6.45, 7) is 0. The molecule has 0 heterocycles. The zero-order valence-electron chi connectivity index (χ0n) is 11.5. The number of aliphatic hydroxyl groups excluding tert-OH is 1. The molecule has 1 N–H and O–H groups in total. The van der Waals surface area contributed by atoms with Gasteiger partial charge in [0.2, 0.25) is 5.91 Å². The zero-order chi connectivity index (χ0) is 13.2. The third kappa shape index (κ3) is 2.69. The van der Waals surface area contributed by atoms with E-state index in [2.05, 4.69) is 0 Å². The summed E-state index contributed by atoms with van der Waals surface area (Å²) < 4.78 is 5.50. The number of amides is 1. The van der Waals surface area contributed by atoms with Crippen molar-refractivity contribution in [3.05, 3.63) is 0 Å². The molecular formula is C14H25NO3. The van der Waals surface area contributed by atoms with Crippen molar-refractivity contribution < 1.29 is 14.6 Å². The summed E-state index contributed by atoms with van der Waals surface area (Å²) >= 11 is 0. The Morgan fingerprint density at radius 1 is 1.33 bits per heavy atom. The van der Waals surface area contributed by atoms with Crippen molar-refractivity contribution in [2.24, 2.45) is 0 Å². The maximum atomic E-state index is 12.3. The minimum atomic E-state index is -0.354.